The Labute approximate surface area is 128 Å². The van der Waals surface area contributed by atoms with Gasteiger partial charge in [0.15, 0.2) is 0 Å². The highest BCUT2D eigenvalue weighted by Crippen LogP contribution is 2.20. The first kappa shape index (κ1) is 16.5. The molecule has 1 aromatic carbocycles. The normalized spacial score (nSPS) is 24.1. The molecule has 1 heterocycles. The van der Waals surface area contributed by atoms with Crippen LogP contribution in [0.25, 0.3) is 0 Å². The van der Waals surface area contributed by atoms with Crippen LogP contribution in [0.15, 0.2) is 30.3 Å². The zero-order valence-electron chi connectivity index (χ0n) is 12.9. The molecule has 2 unspecified atom stereocenters. The number of ether oxygens (including phenoxy) is 1. The molecule has 0 amide bonds. The molecule has 118 valence electrons. The molecule has 2 rings (SSSR count). The Hall–Kier alpha value is -0.910. The van der Waals surface area contributed by atoms with Gasteiger partial charge in [-0.3, -0.25) is 0 Å². The SMILES string of the molecule is CCCS(=O)(=O)N1CC(CCc2ccccc2)OCC1C. The predicted octanol–water partition coefficient (Wildman–Crippen LogP) is 2.45. The van der Waals surface area contributed by atoms with E-state index in [2.05, 4.69) is 12.1 Å². The van der Waals surface area contributed by atoms with Crippen LogP contribution in [0.3, 0.4) is 0 Å². The zero-order valence-corrected chi connectivity index (χ0v) is 13.7. The summed E-state index contributed by atoms with van der Waals surface area (Å²) in [5.41, 5.74) is 1.27. The first-order valence-electron chi connectivity index (χ1n) is 7.68. The molecule has 0 saturated carbocycles. The fraction of sp³-hybridized carbons (Fsp3) is 0.625. The van der Waals surface area contributed by atoms with Gasteiger partial charge in [0.2, 0.25) is 10.0 Å². The van der Waals surface area contributed by atoms with Crippen LogP contribution in [0.5, 0.6) is 0 Å². The number of morpholine rings is 1. The lowest BCUT2D eigenvalue weighted by molar-refractivity contribution is -0.0306. The summed E-state index contributed by atoms with van der Waals surface area (Å²) in [6.07, 6.45) is 2.42. The molecular weight excluding hydrogens is 286 g/mol. The predicted molar refractivity (Wildman–Crippen MR) is 84.7 cm³/mol. The highest BCUT2D eigenvalue weighted by molar-refractivity contribution is 7.89. The second-order valence-electron chi connectivity index (χ2n) is 5.71. The lowest BCUT2D eigenvalue weighted by atomic mass is 10.1. The lowest BCUT2D eigenvalue weighted by Gasteiger charge is -2.37. The summed E-state index contributed by atoms with van der Waals surface area (Å²) in [7, 11) is -3.15. The summed E-state index contributed by atoms with van der Waals surface area (Å²) in [5.74, 6) is 0.225. The molecular formula is C16H25NO3S. The number of nitrogens with zero attached hydrogens (tertiary/aromatic N) is 1. The molecule has 0 aliphatic carbocycles. The minimum absolute atomic E-state index is 0.00645. The Morgan fingerprint density at radius 3 is 2.67 bits per heavy atom. The van der Waals surface area contributed by atoms with Crippen molar-refractivity contribution in [2.45, 2.75) is 45.3 Å². The van der Waals surface area contributed by atoms with Crippen molar-refractivity contribution in [1.82, 2.24) is 4.31 Å². The van der Waals surface area contributed by atoms with E-state index in [4.69, 9.17) is 4.74 Å². The Morgan fingerprint density at radius 2 is 2.00 bits per heavy atom. The molecule has 0 N–H and O–H groups in total. The summed E-state index contributed by atoms with van der Waals surface area (Å²) >= 11 is 0. The fourth-order valence-corrected chi connectivity index (χ4v) is 4.45. The van der Waals surface area contributed by atoms with Crippen molar-refractivity contribution in [3.8, 4) is 0 Å². The number of hydrogen-bond acceptors (Lipinski definition) is 3. The highest BCUT2D eigenvalue weighted by Gasteiger charge is 2.33. The third kappa shape index (κ3) is 4.53. The smallest absolute Gasteiger partial charge is 0.214 e. The van der Waals surface area contributed by atoms with E-state index in [9.17, 15) is 8.42 Å². The van der Waals surface area contributed by atoms with Gasteiger partial charge in [-0.15, -0.1) is 0 Å². The van der Waals surface area contributed by atoms with Gasteiger partial charge in [-0.2, -0.15) is 4.31 Å². The third-order valence-electron chi connectivity index (χ3n) is 3.87. The maximum atomic E-state index is 12.3. The molecule has 0 spiro atoms. The third-order valence-corrected chi connectivity index (χ3v) is 6.01. The molecule has 1 fully saturated rings. The van der Waals surface area contributed by atoms with Crippen LogP contribution in [-0.4, -0.2) is 43.8 Å². The number of aryl methyl sites for hydroxylation is 1. The van der Waals surface area contributed by atoms with E-state index >= 15 is 0 Å². The molecule has 0 aromatic heterocycles. The van der Waals surface area contributed by atoms with Crippen molar-refractivity contribution in [3.63, 3.8) is 0 Å². The molecule has 1 saturated heterocycles. The van der Waals surface area contributed by atoms with E-state index in [0.717, 1.165) is 12.8 Å². The maximum Gasteiger partial charge on any atom is 0.214 e. The maximum absolute atomic E-state index is 12.3. The lowest BCUT2D eigenvalue weighted by Crippen LogP contribution is -2.51. The van der Waals surface area contributed by atoms with E-state index in [1.54, 1.807) is 4.31 Å². The highest BCUT2D eigenvalue weighted by atomic mass is 32.2. The van der Waals surface area contributed by atoms with Gasteiger partial charge in [0.25, 0.3) is 0 Å². The van der Waals surface area contributed by atoms with Crippen molar-refractivity contribution in [3.05, 3.63) is 35.9 Å². The largest absolute Gasteiger partial charge is 0.375 e. The summed E-state index contributed by atoms with van der Waals surface area (Å²) in [4.78, 5) is 0. The van der Waals surface area contributed by atoms with Crippen molar-refractivity contribution < 1.29 is 13.2 Å². The van der Waals surface area contributed by atoms with Crippen LogP contribution in [0.4, 0.5) is 0 Å². The van der Waals surface area contributed by atoms with Crippen LogP contribution in [0.1, 0.15) is 32.3 Å². The summed E-state index contributed by atoms with van der Waals surface area (Å²) in [6.45, 7) is 4.79. The number of hydrogen-bond donors (Lipinski definition) is 0. The van der Waals surface area contributed by atoms with E-state index in [-0.39, 0.29) is 17.9 Å². The molecule has 21 heavy (non-hydrogen) atoms. The van der Waals surface area contributed by atoms with E-state index in [1.165, 1.54) is 5.56 Å². The zero-order chi connectivity index (χ0) is 15.3. The van der Waals surface area contributed by atoms with Crippen LogP contribution in [0, 0.1) is 0 Å². The van der Waals surface area contributed by atoms with Crippen molar-refractivity contribution in [2.75, 3.05) is 18.9 Å². The quantitative estimate of drug-likeness (QED) is 0.811. The molecule has 4 nitrogen and oxygen atoms in total. The van der Waals surface area contributed by atoms with Crippen LogP contribution in [0.2, 0.25) is 0 Å². The van der Waals surface area contributed by atoms with Gasteiger partial charge in [-0.05, 0) is 31.7 Å². The van der Waals surface area contributed by atoms with Gasteiger partial charge >= 0.3 is 0 Å². The molecule has 2 atom stereocenters. The summed E-state index contributed by atoms with van der Waals surface area (Å²) in [6, 6.07) is 10.2. The minimum atomic E-state index is -3.15. The van der Waals surface area contributed by atoms with Gasteiger partial charge in [-0.1, -0.05) is 37.3 Å². The molecule has 0 radical (unpaired) electrons. The standard InChI is InChI=1S/C16H25NO3S/c1-3-11-21(18,19)17-12-16(20-13-14(17)2)10-9-15-7-5-4-6-8-15/h4-8,14,16H,3,9-13H2,1-2H3. The minimum Gasteiger partial charge on any atom is -0.375 e. The topological polar surface area (TPSA) is 46.6 Å². The second kappa shape index (κ2) is 7.38. The molecule has 5 heteroatoms. The number of sulfonamides is 1. The van der Waals surface area contributed by atoms with Gasteiger partial charge in [-0.25, -0.2) is 8.42 Å². The molecule has 1 aliphatic heterocycles. The average molecular weight is 311 g/mol. The van der Waals surface area contributed by atoms with E-state index in [0.29, 0.717) is 19.6 Å². The van der Waals surface area contributed by atoms with Gasteiger partial charge in [0.05, 0.1) is 18.5 Å². The Balaban J connectivity index is 1.94. The van der Waals surface area contributed by atoms with Crippen molar-refractivity contribution in [2.24, 2.45) is 0 Å². The number of rotatable bonds is 6. The van der Waals surface area contributed by atoms with Crippen LogP contribution in [-0.2, 0) is 21.2 Å². The first-order valence-corrected chi connectivity index (χ1v) is 9.29. The Bertz CT molecular complexity index is 530. The Kier molecular flexibility index (Phi) is 5.79. The summed E-state index contributed by atoms with van der Waals surface area (Å²) < 4.78 is 32.0. The van der Waals surface area contributed by atoms with Crippen molar-refractivity contribution in [1.29, 1.82) is 0 Å². The summed E-state index contributed by atoms with van der Waals surface area (Å²) in [5, 5.41) is 0. The number of benzene rings is 1. The van der Waals surface area contributed by atoms with Gasteiger partial charge < -0.3 is 4.74 Å². The Morgan fingerprint density at radius 1 is 1.29 bits per heavy atom. The fourth-order valence-electron chi connectivity index (χ4n) is 2.70. The van der Waals surface area contributed by atoms with Gasteiger partial charge in [0.1, 0.15) is 0 Å². The molecule has 0 bridgehead atoms. The van der Waals surface area contributed by atoms with Crippen LogP contribution < -0.4 is 0 Å². The van der Waals surface area contributed by atoms with E-state index in [1.807, 2.05) is 32.0 Å². The second-order valence-corrected chi connectivity index (χ2v) is 7.76. The first-order chi connectivity index (χ1) is 10.0. The monoisotopic (exact) mass is 311 g/mol. The van der Waals surface area contributed by atoms with Crippen molar-refractivity contribution >= 4 is 10.0 Å². The van der Waals surface area contributed by atoms with E-state index < -0.39 is 10.0 Å². The van der Waals surface area contributed by atoms with Gasteiger partial charge in [0, 0.05) is 12.6 Å². The average Bonchev–Trinajstić information content (AvgIpc) is 2.47. The molecule has 1 aromatic rings. The molecule has 1 aliphatic rings. The van der Waals surface area contributed by atoms with Crippen LogP contribution >= 0.6 is 0 Å².